The Hall–Kier alpha value is -4.07. The number of rotatable bonds is 5. The Kier molecular flexibility index (Phi) is 5.33. The third-order valence-electron chi connectivity index (χ3n) is 5.11. The van der Waals surface area contributed by atoms with Crippen LogP contribution in [0, 0.1) is 0 Å². The van der Waals surface area contributed by atoms with E-state index >= 15 is 0 Å². The number of hydrogen-bond donors (Lipinski definition) is 0. The summed E-state index contributed by atoms with van der Waals surface area (Å²) in [5.74, 6) is 2.62. The van der Waals surface area contributed by atoms with Crippen LogP contribution in [0.25, 0.3) is 22.7 Å². The SMILES string of the molecule is COc1ccc(-c2nc(Cn3nc(-c4ccc5c(c4)OCCCO5)ccc3=O)co2)cc1. The largest absolute Gasteiger partial charge is 0.497 e. The molecule has 0 saturated heterocycles. The monoisotopic (exact) mass is 431 g/mol. The molecule has 1 aliphatic rings. The molecule has 2 aromatic heterocycles. The van der Waals surface area contributed by atoms with Crippen LogP contribution >= 0.6 is 0 Å². The first-order valence-electron chi connectivity index (χ1n) is 10.3. The topological polar surface area (TPSA) is 88.6 Å². The molecule has 3 heterocycles. The average molecular weight is 431 g/mol. The van der Waals surface area contributed by atoms with Gasteiger partial charge in [-0.2, -0.15) is 5.10 Å². The van der Waals surface area contributed by atoms with Crippen LogP contribution in [0.15, 0.2) is 70.1 Å². The third kappa shape index (κ3) is 4.07. The minimum absolute atomic E-state index is 0.191. The average Bonchev–Trinajstić information content (AvgIpc) is 3.16. The number of nitrogens with zero attached hydrogens (tertiary/aromatic N) is 3. The van der Waals surface area contributed by atoms with Crippen LogP contribution in [0.3, 0.4) is 0 Å². The molecule has 0 saturated carbocycles. The number of fused-ring (bicyclic) bond motifs is 1. The standard InChI is InChI=1S/C24H21N3O5/c1-29-19-6-3-16(4-7-19)24-25-18(15-32-24)14-27-23(28)10-8-20(26-27)17-5-9-21-22(13-17)31-12-2-11-30-21/h3-10,13,15H,2,11-12,14H2,1H3. The Balaban J connectivity index is 1.40. The molecule has 8 nitrogen and oxygen atoms in total. The van der Waals surface area contributed by atoms with Gasteiger partial charge in [-0.05, 0) is 48.5 Å². The molecule has 0 N–H and O–H groups in total. The van der Waals surface area contributed by atoms with Crippen LogP contribution < -0.4 is 19.8 Å². The van der Waals surface area contributed by atoms with Crippen molar-refractivity contribution in [1.29, 1.82) is 0 Å². The second kappa shape index (κ2) is 8.58. The van der Waals surface area contributed by atoms with Crippen molar-refractivity contribution in [2.75, 3.05) is 20.3 Å². The van der Waals surface area contributed by atoms with Gasteiger partial charge >= 0.3 is 0 Å². The van der Waals surface area contributed by atoms with E-state index in [1.54, 1.807) is 13.2 Å². The lowest BCUT2D eigenvalue weighted by Gasteiger charge is -2.10. The van der Waals surface area contributed by atoms with E-state index in [0.717, 1.165) is 23.3 Å². The molecule has 4 aromatic rings. The second-order valence-electron chi connectivity index (χ2n) is 7.30. The maximum atomic E-state index is 12.4. The summed E-state index contributed by atoms with van der Waals surface area (Å²) in [7, 11) is 1.61. The summed E-state index contributed by atoms with van der Waals surface area (Å²) in [4.78, 5) is 16.9. The van der Waals surface area contributed by atoms with Crippen molar-refractivity contribution in [3.05, 3.63) is 76.9 Å². The molecule has 2 aromatic carbocycles. The van der Waals surface area contributed by atoms with E-state index in [9.17, 15) is 4.79 Å². The summed E-state index contributed by atoms with van der Waals surface area (Å²) in [6.45, 7) is 1.43. The van der Waals surface area contributed by atoms with Crippen LogP contribution in [0.1, 0.15) is 12.1 Å². The number of oxazole rings is 1. The predicted molar refractivity (Wildman–Crippen MR) is 117 cm³/mol. The minimum Gasteiger partial charge on any atom is -0.497 e. The molecule has 0 fully saturated rings. The van der Waals surface area contributed by atoms with Crippen molar-refractivity contribution in [2.45, 2.75) is 13.0 Å². The number of methoxy groups -OCH3 is 1. The van der Waals surface area contributed by atoms with Gasteiger partial charge in [-0.15, -0.1) is 0 Å². The van der Waals surface area contributed by atoms with Crippen LogP contribution in [0.4, 0.5) is 0 Å². The quantitative estimate of drug-likeness (QED) is 0.475. The van der Waals surface area contributed by atoms with Gasteiger partial charge in [0.25, 0.3) is 5.56 Å². The molecule has 0 aliphatic carbocycles. The summed E-state index contributed by atoms with van der Waals surface area (Å²) in [6.07, 6.45) is 2.37. The fourth-order valence-corrected chi connectivity index (χ4v) is 3.44. The first-order chi connectivity index (χ1) is 15.7. The van der Waals surface area contributed by atoms with Gasteiger partial charge in [0, 0.05) is 23.6 Å². The highest BCUT2D eigenvalue weighted by atomic mass is 16.5. The predicted octanol–water partition coefficient (Wildman–Crippen LogP) is 3.78. The third-order valence-corrected chi connectivity index (χ3v) is 5.11. The molecule has 8 heteroatoms. The second-order valence-corrected chi connectivity index (χ2v) is 7.30. The summed E-state index contributed by atoms with van der Waals surface area (Å²) in [5, 5.41) is 4.52. The van der Waals surface area contributed by atoms with Gasteiger partial charge in [-0.1, -0.05) is 0 Å². The molecule has 0 radical (unpaired) electrons. The van der Waals surface area contributed by atoms with Gasteiger partial charge < -0.3 is 18.6 Å². The van der Waals surface area contributed by atoms with Crippen molar-refractivity contribution < 1.29 is 18.6 Å². The van der Waals surface area contributed by atoms with Crippen LogP contribution in [0.2, 0.25) is 0 Å². The molecule has 0 unspecified atom stereocenters. The zero-order chi connectivity index (χ0) is 21.9. The molecule has 0 atom stereocenters. The van der Waals surface area contributed by atoms with Gasteiger partial charge in [0.1, 0.15) is 17.7 Å². The van der Waals surface area contributed by atoms with Crippen molar-refractivity contribution in [1.82, 2.24) is 14.8 Å². The Labute approximate surface area is 184 Å². The van der Waals surface area contributed by atoms with Gasteiger partial charge in [0.15, 0.2) is 11.5 Å². The van der Waals surface area contributed by atoms with E-state index in [4.69, 9.17) is 18.6 Å². The van der Waals surface area contributed by atoms with Crippen molar-refractivity contribution in [3.8, 4) is 40.0 Å². The fraction of sp³-hybridized carbons (Fsp3) is 0.208. The summed E-state index contributed by atoms with van der Waals surface area (Å²) in [5.41, 5.74) is 2.68. The zero-order valence-corrected chi connectivity index (χ0v) is 17.5. The summed E-state index contributed by atoms with van der Waals surface area (Å²) in [6, 6.07) is 16.3. The molecular weight excluding hydrogens is 410 g/mol. The zero-order valence-electron chi connectivity index (χ0n) is 17.5. The number of benzene rings is 2. The molecular formula is C24H21N3O5. The molecule has 5 rings (SSSR count). The van der Waals surface area contributed by atoms with Crippen LogP contribution in [-0.2, 0) is 6.54 Å². The first kappa shape index (κ1) is 19.9. The first-order valence-corrected chi connectivity index (χ1v) is 10.3. The normalized spacial score (nSPS) is 12.9. The van der Waals surface area contributed by atoms with E-state index < -0.39 is 0 Å². The Morgan fingerprint density at radius 2 is 1.75 bits per heavy atom. The highest BCUT2D eigenvalue weighted by Crippen LogP contribution is 2.33. The van der Waals surface area contributed by atoms with Gasteiger partial charge in [-0.25, -0.2) is 9.67 Å². The molecule has 0 bridgehead atoms. The van der Waals surface area contributed by atoms with E-state index in [0.29, 0.717) is 42.0 Å². The van der Waals surface area contributed by atoms with E-state index in [-0.39, 0.29) is 12.1 Å². The number of hydrogen-bond acceptors (Lipinski definition) is 7. The van der Waals surface area contributed by atoms with Crippen LogP contribution in [-0.4, -0.2) is 35.1 Å². The maximum Gasteiger partial charge on any atom is 0.267 e. The molecule has 32 heavy (non-hydrogen) atoms. The lowest BCUT2D eigenvalue weighted by Crippen LogP contribution is -2.23. The summed E-state index contributed by atoms with van der Waals surface area (Å²) >= 11 is 0. The van der Waals surface area contributed by atoms with Crippen molar-refractivity contribution in [2.24, 2.45) is 0 Å². The highest BCUT2D eigenvalue weighted by molar-refractivity contribution is 5.63. The Morgan fingerprint density at radius 1 is 0.969 bits per heavy atom. The number of aromatic nitrogens is 3. The van der Waals surface area contributed by atoms with Crippen molar-refractivity contribution in [3.63, 3.8) is 0 Å². The van der Waals surface area contributed by atoms with Gasteiger partial charge in [0.2, 0.25) is 5.89 Å². The van der Waals surface area contributed by atoms with E-state index in [2.05, 4.69) is 10.1 Å². The number of ether oxygens (including phenoxy) is 3. The maximum absolute atomic E-state index is 12.4. The van der Waals surface area contributed by atoms with Gasteiger partial charge in [-0.3, -0.25) is 4.79 Å². The van der Waals surface area contributed by atoms with E-state index in [1.807, 2.05) is 42.5 Å². The molecule has 162 valence electrons. The molecule has 0 amide bonds. The Morgan fingerprint density at radius 3 is 2.56 bits per heavy atom. The Bertz CT molecular complexity index is 1290. The lowest BCUT2D eigenvalue weighted by atomic mass is 10.1. The van der Waals surface area contributed by atoms with Gasteiger partial charge in [0.05, 0.1) is 32.6 Å². The minimum atomic E-state index is -0.225. The highest BCUT2D eigenvalue weighted by Gasteiger charge is 2.14. The summed E-state index contributed by atoms with van der Waals surface area (Å²) < 4.78 is 23.6. The van der Waals surface area contributed by atoms with Crippen molar-refractivity contribution >= 4 is 0 Å². The van der Waals surface area contributed by atoms with Crippen LogP contribution in [0.5, 0.6) is 17.2 Å². The smallest absolute Gasteiger partial charge is 0.267 e. The fourth-order valence-electron chi connectivity index (χ4n) is 3.44. The molecule has 0 spiro atoms. The molecule has 1 aliphatic heterocycles. The van der Waals surface area contributed by atoms with E-state index in [1.165, 1.54) is 17.0 Å². The lowest BCUT2D eigenvalue weighted by molar-refractivity contribution is 0.297.